The largest absolute Gasteiger partial charge is 0.497 e. The van der Waals surface area contributed by atoms with Gasteiger partial charge >= 0.3 is 0 Å². The molecule has 0 heterocycles. The summed E-state index contributed by atoms with van der Waals surface area (Å²) in [5, 5.41) is 0. The number of benzene rings is 3. The van der Waals surface area contributed by atoms with E-state index in [1.165, 1.54) is 5.56 Å². The molecule has 0 aliphatic rings. The number of hydrogen-bond donors (Lipinski definition) is 1. The number of allylic oxidation sites excluding steroid dienone is 1. The number of nitrogens with two attached hydrogens (primary N) is 1. The zero-order chi connectivity index (χ0) is 19.3. The van der Waals surface area contributed by atoms with Crippen LogP contribution in [0.1, 0.15) is 5.56 Å². The van der Waals surface area contributed by atoms with Crippen LogP contribution in [0.2, 0.25) is 0 Å². The molecule has 0 aliphatic heterocycles. The first-order valence-corrected chi connectivity index (χ1v) is 8.50. The number of nitrogens with zero attached hydrogens (tertiary/aromatic N) is 1. The molecule has 27 heavy (non-hydrogen) atoms. The van der Waals surface area contributed by atoms with E-state index >= 15 is 0 Å². The molecule has 0 radical (unpaired) electrons. The zero-order valence-corrected chi connectivity index (χ0v) is 15.6. The highest BCUT2D eigenvalue weighted by Crippen LogP contribution is 2.17. The molecule has 0 bridgehead atoms. The van der Waals surface area contributed by atoms with Crippen LogP contribution in [-0.4, -0.2) is 20.4 Å². The fourth-order valence-electron chi connectivity index (χ4n) is 2.12. The molecule has 0 fully saturated rings. The predicted molar refractivity (Wildman–Crippen MR) is 114 cm³/mol. The molecule has 0 amide bonds. The fraction of sp³-hybridized carbons (Fsp3) is 0.0870. The van der Waals surface area contributed by atoms with Crippen molar-refractivity contribution in [3.8, 4) is 11.5 Å². The van der Waals surface area contributed by atoms with Crippen LogP contribution in [0.15, 0.2) is 89.9 Å². The Bertz CT molecular complexity index is 840. The number of hydrogen-bond acceptors (Lipinski definition) is 4. The molecule has 0 aliphatic carbocycles. The standard InChI is InChI=1S/C16H15NO.C7H9NO/c1-18-16-11-9-15(10-12-16)17-13-5-8-14-6-3-2-4-7-14;1-9-7-4-2-6(8)3-5-7/h2-13H,1H3;2-5H,8H2,1H3. The third-order valence-corrected chi connectivity index (χ3v) is 3.59. The Labute approximate surface area is 160 Å². The lowest BCUT2D eigenvalue weighted by molar-refractivity contribution is 0.415. The van der Waals surface area contributed by atoms with Crippen molar-refractivity contribution in [2.75, 3.05) is 20.0 Å². The third-order valence-electron chi connectivity index (χ3n) is 3.59. The lowest BCUT2D eigenvalue weighted by atomic mass is 10.2. The predicted octanol–water partition coefficient (Wildman–Crippen LogP) is 5.39. The van der Waals surface area contributed by atoms with Crippen molar-refractivity contribution >= 4 is 23.7 Å². The Morgan fingerprint density at radius 1 is 0.741 bits per heavy atom. The van der Waals surface area contributed by atoms with E-state index in [9.17, 15) is 0 Å². The monoisotopic (exact) mass is 360 g/mol. The molecule has 0 unspecified atom stereocenters. The van der Waals surface area contributed by atoms with Crippen LogP contribution in [-0.2, 0) is 0 Å². The van der Waals surface area contributed by atoms with Gasteiger partial charge in [0.15, 0.2) is 0 Å². The lowest BCUT2D eigenvalue weighted by Crippen LogP contribution is -1.84. The summed E-state index contributed by atoms with van der Waals surface area (Å²) in [7, 11) is 3.28. The Kier molecular flexibility index (Phi) is 8.18. The molecule has 138 valence electrons. The van der Waals surface area contributed by atoms with Crippen molar-refractivity contribution in [3.63, 3.8) is 0 Å². The van der Waals surface area contributed by atoms with Crippen molar-refractivity contribution in [3.05, 3.63) is 90.5 Å². The van der Waals surface area contributed by atoms with E-state index in [0.29, 0.717) is 0 Å². The number of methoxy groups -OCH3 is 2. The van der Waals surface area contributed by atoms with Gasteiger partial charge in [0.1, 0.15) is 11.5 Å². The van der Waals surface area contributed by atoms with Gasteiger partial charge in [0, 0.05) is 11.9 Å². The van der Waals surface area contributed by atoms with E-state index in [-0.39, 0.29) is 0 Å². The summed E-state index contributed by atoms with van der Waals surface area (Å²) in [4.78, 5) is 4.33. The van der Waals surface area contributed by atoms with Gasteiger partial charge < -0.3 is 15.2 Å². The smallest absolute Gasteiger partial charge is 0.119 e. The molecule has 0 saturated heterocycles. The van der Waals surface area contributed by atoms with Crippen molar-refractivity contribution in [1.82, 2.24) is 0 Å². The highest BCUT2D eigenvalue weighted by atomic mass is 16.5. The van der Waals surface area contributed by atoms with Gasteiger partial charge in [-0.15, -0.1) is 0 Å². The van der Waals surface area contributed by atoms with E-state index in [1.54, 1.807) is 32.6 Å². The third kappa shape index (κ3) is 7.48. The number of nitrogen functional groups attached to an aromatic ring is 1. The number of rotatable bonds is 5. The SMILES string of the molecule is COc1ccc(N)cc1.COc1ccc(N=CC=Cc2ccccc2)cc1. The van der Waals surface area contributed by atoms with Gasteiger partial charge in [-0.1, -0.05) is 36.4 Å². The minimum atomic E-state index is 0.760. The van der Waals surface area contributed by atoms with E-state index in [4.69, 9.17) is 15.2 Å². The minimum absolute atomic E-state index is 0.760. The molecule has 3 aromatic rings. The summed E-state index contributed by atoms with van der Waals surface area (Å²) in [5.74, 6) is 1.68. The van der Waals surface area contributed by atoms with Crippen LogP contribution in [0, 0.1) is 0 Å². The summed E-state index contributed by atoms with van der Waals surface area (Å²) in [6.07, 6.45) is 5.74. The molecule has 4 heteroatoms. The average Bonchev–Trinajstić information content (AvgIpc) is 2.73. The summed E-state index contributed by atoms with van der Waals surface area (Å²) < 4.78 is 10.0. The quantitative estimate of drug-likeness (QED) is 0.490. The van der Waals surface area contributed by atoms with Gasteiger partial charge in [-0.05, 0) is 60.2 Å². The Balaban J connectivity index is 0.000000244. The van der Waals surface area contributed by atoms with Gasteiger partial charge in [-0.3, -0.25) is 4.99 Å². The second-order valence-corrected chi connectivity index (χ2v) is 5.52. The van der Waals surface area contributed by atoms with Gasteiger partial charge in [0.25, 0.3) is 0 Å². The van der Waals surface area contributed by atoms with Crippen molar-refractivity contribution in [2.24, 2.45) is 4.99 Å². The van der Waals surface area contributed by atoms with E-state index in [2.05, 4.69) is 17.1 Å². The van der Waals surface area contributed by atoms with Crippen molar-refractivity contribution < 1.29 is 9.47 Å². The second kappa shape index (κ2) is 11.2. The Morgan fingerprint density at radius 3 is 1.85 bits per heavy atom. The lowest BCUT2D eigenvalue weighted by Gasteiger charge is -1.98. The molecule has 3 rings (SSSR count). The van der Waals surface area contributed by atoms with Gasteiger partial charge in [0.05, 0.1) is 19.9 Å². The molecule has 0 spiro atoms. The van der Waals surface area contributed by atoms with E-state index in [1.807, 2.05) is 66.7 Å². The molecular formula is C23H24N2O2. The molecular weight excluding hydrogens is 336 g/mol. The molecule has 0 atom stereocenters. The first-order valence-electron chi connectivity index (χ1n) is 8.50. The molecule has 3 aromatic carbocycles. The number of anilines is 1. The Morgan fingerprint density at radius 2 is 1.30 bits per heavy atom. The highest BCUT2D eigenvalue weighted by Gasteiger charge is 1.89. The summed E-state index contributed by atoms with van der Waals surface area (Å²) in [5.41, 5.74) is 8.26. The maximum Gasteiger partial charge on any atom is 0.119 e. The number of ether oxygens (including phenoxy) is 2. The molecule has 0 aromatic heterocycles. The van der Waals surface area contributed by atoms with Crippen LogP contribution >= 0.6 is 0 Å². The van der Waals surface area contributed by atoms with Gasteiger partial charge in [0.2, 0.25) is 0 Å². The normalized spacial score (nSPS) is 10.4. The minimum Gasteiger partial charge on any atom is -0.497 e. The number of aliphatic imine (C=N–C) groups is 1. The zero-order valence-electron chi connectivity index (χ0n) is 15.6. The maximum atomic E-state index is 5.43. The van der Waals surface area contributed by atoms with Crippen LogP contribution in [0.3, 0.4) is 0 Å². The first-order chi connectivity index (χ1) is 13.2. The topological polar surface area (TPSA) is 56.8 Å². The summed E-state index contributed by atoms with van der Waals surface area (Å²) in [6, 6.07) is 25.0. The summed E-state index contributed by atoms with van der Waals surface area (Å²) >= 11 is 0. The summed E-state index contributed by atoms with van der Waals surface area (Å²) in [6.45, 7) is 0. The van der Waals surface area contributed by atoms with Crippen LogP contribution in [0.4, 0.5) is 11.4 Å². The molecule has 0 saturated carbocycles. The second-order valence-electron chi connectivity index (χ2n) is 5.52. The maximum absolute atomic E-state index is 5.43. The molecule has 2 N–H and O–H groups in total. The van der Waals surface area contributed by atoms with Crippen LogP contribution in [0.5, 0.6) is 11.5 Å². The van der Waals surface area contributed by atoms with Crippen LogP contribution < -0.4 is 15.2 Å². The molecule has 4 nitrogen and oxygen atoms in total. The van der Waals surface area contributed by atoms with E-state index < -0.39 is 0 Å². The van der Waals surface area contributed by atoms with Crippen LogP contribution in [0.25, 0.3) is 6.08 Å². The van der Waals surface area contributed by atoms with E-state index in [0.717, 1.165) is 22.9 Å². The average molecular weight is 360 g/mol. The van der Waals surface area contributed by atoms with Crippen molar-refractivity contribution in [1.29, 1.82) is 0 Å². The van der Waals surface area contributed by atoms with Gasteiger partial charge in [-0.2, -0.15) is 0 Å². The highest BCUT2D eigenvalue weighted by molar-refractivity contribution is 5.80. The fourth-order valence-corrected chi connectivity index (χ4v) is 2.12. The first kappa shape index (κ1) is 19.8. The van der Waals surface area contributed by atoms with Crippen molar-refractivity contribution in [2.45, 2.75) is 0 Å². The van der Waals surface area contributed by atoms with Gasteiger partial charge in [-0.25, -0.2) is 0 Å². The Hall–Kier alpha value is -3.53.